The SMILES string of the molecule is CN(C(=O)C1CNC(=O)C1)C1COCC1C(=O)O. The summed E-state index contributed by atoms with van der Waals surface area (Å²) in [5.41, 5.74) is 0. The van der Waals surface area contributed by atoms with Crippen molar-refractivity contribution in [3.63, 3.8) is 0 Å². The number of amides is 2. The van der Waals surface area contributed by atoms with E-state index in [0.717, 1.165) is 0 Å². The Labute approximate surface area is 104 Å². The lowest BCUT2D eigenvalue weighted by Gasteiger charge is -2.28. The Kier molecular flexibility index (Phi) is 3.51. The number of ether oxygens (including phenoxy) is 1. The third-order valence-corrected chi connectivity index (χ3v) is 3.54. The number of hydrogen-bond acceptors (Lipinski definition) is 4. The van der Waals surface area contributed by atoms with Gasteiger partial charge in [0.05, 0.1) is 25.2 Å². The van der Waals surface area contributed by atoms with Crippen LogP contribution in [-0.2, 0) is 19.1 Å². The van der Waals surface area contributed by atoms with E-state index in [9.17, 15) is 14.4 Å². The molecule has 2 heterocycles. The highest BCUT2D eigenvalue weighted by atomic mass is 16.5. The first kappa shape index (κ1) is 12.8. The number of likely N-dealkylation sites (N-methyl/N-ethyl adjacent to an activating group) is 1. The van der Waals surface area contributed by atoms with Crippen molar-refractivity contribution in [2.45, 2.75) is 12.5 Å². The maximum absolute atomic E-state index is 12.1. The van der Waals surface area contributed by atoms with Gasteiger partial charge in [-0.15, -0.1) is 0 Å². The highest BCUT2D eigenvalue weighted by Crippen LogP contribution is 2.22. The van der Waals surface area contributed by atoms with E-state index in [0.29, 0.717) is 6.54 Å². The molecular formula is C11H16N2O5. The Balaban J connectivity index is 2.02. The lowest BCUT2D eigenvalue weighted by Crippen LogP contribution is -2.46. The van der Waals surface area contributed by atoms with E-state index in [4.69, 9.17) is 9.84 Å². The number of carboxylic acid groups (broad SMARTS) is 1. The molecule has 2 aliphatic heterocycles. The smallest absolute Gasteiger partial charge is 0.311 e. The molecule has 2 aliphatic rings. The summed E-state index contributed by atoms with van der Waals surface area (Å²) in [7, 11) is 1.57. The number of nitrogens with zero attached hydrogens (tertiary/aromatic N) is 1. The number of carboxylic acids is 1. The van der Waals surface area contributed by atoms with Crippen molar-refractivity contribution >= 4 is 17.8 Å². The van der Waals surface area contributed by atoms with Gasteiger partial charge in [0.1, 0.15) is 5.92 Å². The van der Waals surface area contributed by atoms with E-state index in [2.05, 4.69) is 5.32 Å². The predicted molar refractivity (Wildman–Crippen MR) is 59.6 cm³/mol. The van der Waals surface area contributed by atoms with Gasteiger partial charge >= 0.3 is 5.97 Å². The molecule has 2 fully saturated rings. The zero-order chi connectivity index (χ0) is 13.3. The molecule has 2 rings (SSSR count). The summed E-state index contributed by atoms with van der Waals surface area (Å²) in [6.45, 7) is 0.681. The van der Waals surface area contributed by atoms with Gasteiger partial charge in [-0.1, -0.05) is 0 Å². The highest BCUT2D eigenvalue weighted by Gasteiger charge is 2.41. The summed E-state index contributed by atoms with van der Waals surface area (Å²) >= 11 is 0. The summed E-state index contributed by atoms with van der Waals surface area (Å²) < 4.78 is 5.13. The van der Waals surface area contributed by atoms with E-state index in [-0.39, 0.29) is 31.4 Å². The Hall–Kier alpha value is -1.63. The van der Waals surface area contributed by atoms with Crippen molar-refractivity contribution in [2.75, 3.05) is 26.8 Å². The summed E-state index contributed by atoms with van der Waals surface area (Å²) in [6, 6.07) is -0.453. The normalized spacial score (nSPS) is 31.2. The van der Waals surface area contributed by atoms with Crippen LogP contribution in [0.2, 0.25) is 0 Å². The van der Waals surface area contributed by atoms with Crippen molar-refractivity contribution in [3.05, 3.63) is 0 Å². The zero-order valence-corrected chi connectivity index (χ0v) is 10.1. The van der Waals surface area contributed by atoms with Gasteiger partial charge in [0.25, 0.3) is 0 Å². The molecule has 3 unspecified atom stereocenters. The molecule has 0 bridgehead atoms. The summed E-state index contributed by atoms with van der Waals surface area (Å²) in [5, 5.41) is 11.6. The average Bonchev–Trinajstić information content (AvgIpc) is 2.95. The molecule has 0 saturated carbocycles. The van der Waals surface area contributed by atoms with Gasteiger partial charge in [-0.3, -0.25) is 14.4 Å². The van der Waals surface area contributed by atoms with E-state index in [1.807, 2.05) is 0 Å². The van der Waals surface area contributed by atoms with Crippen LogP contribution in [0.3, 0.4) is 0 Å². The van der Waals surface area contributed by atoms with Gasteiger partial charge in [0.2, 0.25) is 11.8 Å². The van der Waals surface area contributed by atoms with Crippen LogP contribution >= 0.6 is 0 Å². The van der Waals surface area contributed by atoms with Gasteiger partial charge in [0.15, 0.2) is 0 Å². The van der Waals surface area contributed by atoms with Crippen molar-refractivity contribution in [2.24, 2.45) is 11.8 Å². The third kappa shape index (κ3) is 2.31. The number of carbonyl (C=O) groups is 3. The molecule has 7 nitrogen and oxygen atoms in total. The Morgan fingerprint density at radius 2 is 2.17 bits per heavy atom. The van der Waals surface area contributed by atoms with Gasteiger partial charge in [-0.05, 0) is 0 Å². The summed E-state index contributed by atoms with van der Waals surface area (Å²) in [4.78, 5) is 35.6. The fourth-order valence-corrected chi connectivity index (χ4v) is 2.39. The second kappa shape index (κ2) is 4.93. The minimum absolute atomic E-state index is 0.124. The quantitative estimate of drug-likeness (QED) is 0.653. The number of aliphatic carboxylic acids is 1. The minimum atomic E-state index is -0.960. The first-order chi connectivity index (χ1) is 8.50. The Morgan fingerprint density at radius 3 is 2.72 bits per heavy atom. The second-order valence-electron chi connectivity index (χ2n) is 4.70. The van der Waals surface area contributed by atoms with Gasteiger partial charge < -0.3 is 20.1 Å². The topological polar surface area (TPSA) is 95.9 Å². The highest BCUT2D eigenvalue weighted by molar-refractivity contribution is 5.89. The third-order valence-electron chi connectivity index (χ3n) is 3.54. The van der Waals surface area contributed by atoms with Crippen molar-refractivity contribution in [1.29, 1.82) is 0 Å². The molecule has 0 radical (unpaired) electrons. The van der Waals surface area contributed by atoms with E-state index in [1.54, 1.807) is 7.05 Å². The van der Waals surface area contributed by atoms with Crippen molar-refractivity contribution in [3.8, 4) is 0 Å². The van der Waals surface area contributed by atoms with E-state index in [1.165, 1.54) is 4.90 Å². The lowest BCUT2D eigenvalue weighted by molar-refractivity contribution is -0.145. The van der Waals surface area contributed by atoms with Crippen LogP contribution in [0.1, 0.15) is 6.42 Å². The molecule has 0 aromatic heterocycles. The molecule has 2 amide bonds. The number of rotatable bonds is 3. The van der Waals surface area contributed by atoms with Gasteiger partial charge in [-0.25, -0.2) is 0 Å². The monoisotopic (exact) mass is 256 g/mol. The second-order valence-corrected chi connectivity index (χ2v) is 4.70. The fraction of sp³-hybridized carbons (Fsp3) is 0.727. The van der Waals surface area contributed by atoms with E-state index < -0.39 is 23.8 Å². The molecule has 0 aliphatic carbocycles. The maximum Gasteiger partial charge on any atom is 0.311 e. The average molecular weight is 256 g/mol. The Morgan fingerprint density at radius 1 is 1.44 bits per heavy atom. The standard InChI is InChI=1S/C11H16N2O5/c1-13(8-5-18-4-7(8)11(16)17)10(15)6-2-9(14)12-3-6/h6-8H,2-5H2,1H3,(H,12,14)(H,16,17). The maximum atomic E-state index is 12.1. The molecular weight excluding hydrogens is 240 g/mol. The first-order valence-corrected chi connectivity index (χ1v) is 5.84. The lowest BCUT2D eigenvalue weighted by atomic mass is 10.00. The molecule has 7 heteroatoms. The molecule has 0 aromatic rings. The molecule has 0 spiro atoms. The largest absolute Gasteiger partial charge is 0.481 e. The molecule has 2 saturated heterocycles. The predicted octanol–water partition coefficient (Wildman–Crippen LogP) is -1.32. The number of carbonyl (C=O) groups excluding carboxylic acids is 2. The van der Waals surface area contributed by atoms with Crippen LogP contribution in [0.4, 0.5) is 0 Å². The summed E-state index contributed by atoms with van der Waals surface area (Å²) in [5.74, 6) is -2.38. The van der Waals surface area contributed by atoms with Crippen LogP contribution in [-0.4, -0.2) is 60.6 Å². The zero-order valence-electron chi connectivity index (χ0n) is 10.1. The molecule has 3 atom stereocenters. The molecule has 0 aromatic carbocycles. The molecule has 2 N–H and O–H groups in total. The molecule has 18 heavy (non-hydrogen) atoms. The molecule has 100 valence electrons. The fourth-order valence-electron chi connectivity index (χ4n) is 2.39. The van der Waals surface area contributed by atoms with Crippen LogP contribution in [0, 0.1) is 11.8 Å². The number of nitrogens with one attached hydrogen (secondary N) is 1. The van der Waals surface area contributed by atoms with Crippen LogP contribution < -0.4 is 5.32 Å². The van der Waals surface area contributed by atoms with Gasteiger partial charge in [-0.2, -0.15) is 0 Å². The first-order valence-electron chi connectivity index (χ1n) is 5.84. The van der Waals surface area contributed by atoms with Crippen molar-refractivity contribution in [1.82, 2.24) is 10.2 Å². The van der Waals surface area contributed by atoms with Crippen LogP contribution in [0.5, 0.6) is 0 Å². The van der Waals surface area contributed by atoms with Crippen molar-refractivity contribution < 1.29 is 24.2 Å². The van der Waals surface area contributed by atoms with Crippen LogP contribution in [0.25, 0.3) is 0 Å². The Bertz CT molecular complexity index is 384. The minimum Gasteiger partial charge on any atom is -0.481 e. The van der Waals surface area contributed by atoms with E-state index >= 15 is 0 Å². The van der Waals surface area contributed by atoms with Crippen LogP contribution in [0.15, 0.2) is 0 Å². The van der Waals surface area contributed by atoms with Gasteiger partial charge in [0, 0.05) is 20.0 Å². The summed E-state index contributed by atoms with van der Waals surface area (Å²) in [6.07, 6.45) is 0.175. The number of hydrogen-bond donors (Lipinski definition) is 2.